The van der Waals surface area contributed by atoms with Crippen LogP contribution in [0.15, 0.2) is 12.1 Å². The Labute approximate surface area is 113 Å². The molecule has 1 aliphatic heterocycles. The first kappa shape index (κ1) is 14.4. The molecule has 1 aromatic rings. The molecule has 2 unspecified atom stereocenters. The zero-order valence-electron chi connectivity index (χ0n) is 11.7. The topological polar surface area (TPSA) is 21.3 Å². The molecule has 0 amide bonds. The van der Waals surface area contributed by atoms with Crippen molar-refractivity contribution in [2.45, 2.75) is 44.8 Å². The van der Waals surface area contributed by atoms with Crippen molar-refractivity contribution in [2.75, 3.05) is 13.7 Å². The van der Waals surface area contributed by atoms with Gasteiger partial charge < -0.3 is 10.1 Å². The molecule has 2 nitrogen and oxygen atoms in total. The van der Waals surface area contributed by atoms with Crippen LogP contribution in [0, 0.1) is 18.6 Å². The third kappa shape index (κ3) is 2.65. The average molecular weight is 269 g/mol. The van der Waals surface area contributed by atoms with Gasteiger partial charge >= 0.3 is 0 Å². The molecule has 1 aromatic carbocycles. The fraction of sp³-hybridized carbons (Fsp3) is 0.600. The first-order chi connectivity index (χ1) is 8.99. The van der Waals surface area contributed by atoms with Crippen LogP contribution in [0.3, 0.4) is 0 Å². The minimum absolute atomic E-state index is 0.0897. The minimum Gasteiger partial charge on any atom is -0.373 e. The fourth-order valence-corrected chi connectivity index (χ4v) is 2.88. The number of ether oxygens (including phenoxy) is 1. The zero-order valence-corrected chi connectivity index (χ0v) is 11.7. The van der Waals surface area contributed by atoms with Crippen molar-refractivity contribution in [2.24, 2.45) is 0 Å². The molecule has 0 bridgehead atoms. The van der Waals surface area contributed by atoms with Crippen LogP contribution in [0.1, 0.15) is 43.4 Å². The standard InChI is InChI=1S/C15H21F2NO/c1-10-6-7-11(16)12(13(10)17)14(18-3)15(2)8-4-5-9-19-15/h6-7,14,18H,4-5,8-9H2,1-3H3. The Morgan fingerprint density at radius 1 is 1.32 bits per heavy atom. The summed E-state index contributed by atoms with van der Waals surface area (Å²) in [4.78, 5) is 0. The van der Waals surface area contributed by atoms with E-state index in [0.717, 1.165) is 19.3 Å². The Morgan fingerprint density at radius 2 is 2.05 bits per heavy atom. The lowest BCUT2D eigenvalue weighted by atomic mass is 9.83. The van der Waals surface area contributed by atoms with Crippen LogP contribution in [0.25, 0.3) is 0 Å². The number of hydrogen-bond acceptors (Lipinski definition) is 2. The molecule has 2 rings (SSSR count). The molecule has 19 heavy (non-hydrogen) atoms. The molecule has 2 atom stereocenters. The average Bonchev–Trinajstić information content (AvgIpc) is 2.40. The highest BCUT2D eigenvalue weighted by atomic mass is 19.1. The predicted octanol–water partition coefficient (Wildman–Crippen LogP) is 3.49. The SMILES string of the molecule is CNC(c1c(F)ccc(C)c1F)C1(C)CCCCO1. The van der Waals surface area contributed by atoms with Gasteiger partial charge in [-0.1, -0.05) is 6.07 Å². The summed E-state index contributed by atoms with van der Waals surface area (Å²) in [6.07, 6.45) is 2.82. The van der Waals surface area contributed by atoms with Gasteiger partial charge in [0.1, 0.15) is 11.6 Å². The lowest BCUT2D eigenvalue weighted by Crippen LogP contribution is -2.45. The maximum atomic E-state index is 14.3. The van der Waals surface area contributed by atoms with Gasteiger partial charge in [0.05, 0.1) is 11.6 Å². The van der Waals surface area contributed by atoms with E-state index in [0.29, 0.717) is 12.2 Å². The van der Waals surface area contributed by atoms with Crippen LogP contribution in [0.4, 0.5) is 8.78 Å². The Bertz CT molecular complexity index is 456. The van der Waals surface area contributed by atoms with Gasteiger partial charge in [0.15, 0.2) is 0 Å². The molecular formula is C15H21F2NO. The van der Waals surface area contributed by atoms with Crippen molar-refractivity contribution in [3.63, 3.8) is 0 Å². The smallest absolute Gasteiger partial charge is 0.133 e. The van der Waals surface area contributed by atoms with Crippen molar-refractivity contribution >= 4 is 0 Å². The molecule has 1 heterocycles. The van der Waals surface area contributed by atoms with Crippen molar-refractivity contribution in [1.82, 2.24) is 5.32 Å². The number of rotatable bonds is 3. The molecule has 1 saturated heterocycles. The number of hydrogen-bond donors (Lipinski definition) is 1. The minimum atomic E-state index is -0.567. The summed E-state index contributed by atoms with van der Waals surface area (Å²) in [5.41, 5.74) is -0.0226. The highest BCUT2D eigenvalue weighted by molar-refractivity contribution is 5.31. The lowest BCUT2D eigenvalue weighted by molar-refractivity contribution is -0.0897. The summed E-state index contributed by atoms with van der Waals surface area (Å²) in [6.45, 7) is 4.22. The summed E-state index contributed by atoms with van der Waals surface area (Å²) in [7, 11) is 1.72. The van der Waals surface area contributed by atoms with Crippen molar-refractivity contribution in [3.8, 4) is 0 Å². The van der Waals surface area contributed by atoms with E-state index in [1.54, 1.807) is 14.0 Å². The zero-order chi connectivity index (χ0) is 14.0. The number of halogens is 2. The largest absolute Gasteiger partial charge is 0.373 e. The van der Waals surface area contributed by atoms with Crippen LogP contribution in [0.5, 0.6) is 0 Å². The van der Waals surface area contributed by atoms with E-state index in [9.17, 15) is 8.78 Å². The van der Waals surface area contributed by atoms with Gasteiger partial charge in [-0.05, 0) is 51.8 Å². The van der Waals surface area contributed by atoms with Gasteiger partial charge in [-0.3, -0.25) is 0 Å². The first-order valence-corrected chi connectivity index (χ1v) is 6.75. The molecule has 0 saturated carbocycles. The van der Waals surface area contributed by atoms with E-state index in [-0.39, 0.29) is 5.56 Å². The van der Waals surface area contributed by atoms with Crippen molar-refractivity contribution in [3.05, 3.63) is 34.9 Å². The lowest BCUT2D eigenvalue weighted by Gasteiger charge is -2.41. The number of benzene rings is 1. The van der Waals surface area contributed by atoms with E-state index < -0.39 is 23.3 Å². The molecule has 0 spiro atoms. The predicted molar refractivity (Wildman–Crippen MR) is 71.1 cm³/mol. The van der Waals surface area contributed by atoms with Gasteiger partial charge in [0.2, 0.25) is 0 Å². The van der Waals surface area contributed by atoms with E-state index in [4.69, 9.17) is 4.74 Å². The van der Waals surface area contributed by atoms with E-state index in [1.807, 2.05) is 6.92 Å². The molecule has 0 aliphatic carbocycles. The van der Waals surface area contributed by atoms with E-state index in [2.05, 4.69) is 5.32 Å². The van der Waals surface area contributed by atoms with Crippen molar-refractivity contribution in [1.29, 1.82) is 0 Å². The quantitative estimate of drug-likeness (QED) is 0.907. The highest BCUT2D eigenvalue weighted by Crippen LogP contribution is 2.38. The normalized spacial score (nSPS) is 25.3. The highest BCUT2D eigenvalue weighted by Gasteiger charge is 2.39. The monoisotopic (exact) mass is 269 g/mol. The van der Waals surface area contributed by atoms with E-state index in [1.165, 1.54) is 12.1 Å². The van der Waals surface area contributed by atoms with Gasteiger partial charge in [-0.15, -0.1) is 0 Å². The Hall–Kier alpha value is -1.00. The Kier molecular flexibility index (Phi) is 4.21. The third-order valence-corrected chi connectivity index (χ3v) is 4.01. The number of aryl methyl sites for hydroxylation is 1. The Balaban J connectivity index is 2.44. The summed E-state index contributed by atoms with van der Waals surface area (Å²) < 4.78 is 34.2. The molecular weight excluding hydrogens is 248 g/mol. The van der Waals surface area contributed by atoms with Crippen LogP contribution >= 0.6 is 0 Å². The van der Waals surface area contributed by atoms with E-state index >= 15 is 0 Å². The van der Waals surface area contributed by atoms with Gasteiger partial charge in [0.25, 0.3) is 0 Å². The molecule has 106 valence electrons. The second kappa shape index (κ2) is 5.55. The van der Waals surface area contributed by atoms with Gasteiger partial charge in [-0.2, -0.15) is 0 Å². The van der Waals surface area contributed by atoms with Crippen LogP contribution in [-0.2, 0) is 4.74 Å². The summed E-state index contributed by atoms with van der Waals surface area (Å²) in [6, 6.07) is 2.31. The van der Waals surface area contributed by atoms with Crippen LogP contribution < -0.4 is 5.32 Å². The van der Waals surface area contributed by atoms with Gasteiger partial charge in [-0.25, -0.2) is 8.78 Å². The first-order valence-electron chi connectivity index (χ1n) is 6.75. The fourth-order valence-electron chi connectivity index (χ4n) is 2.88. The summed E-state index contributed by atoms with van der Waals surface area (Å²) in [5, 5.41) is 3.03. The van der Waals surface area contributed by atoms with Crippen LogP contribution in [0.2, 0.25) is 0 Å². The number of nitrogens with one attached hydrogen (secondary N) is 1. The molecule has 4 heteroatoms. The summed E-state index contributed by atoms with van der Waals surface area (Å²) in [5.74, 6) is -0.993. The van der Waals surface area contributed by atoms with Crippen molar-refractivity contribution < 1.29 is 13.5 Å². The molecule has 1 fully saturated rings. The third-order valence-electron chi connectivity index (χ3n) is 4.01. The van der Waals surface area contributed by atoms with Crippen LogP contribution in [-0.4, -0.2) is 19.3 Å². The maximum Gasteiger partial charge on any atom is 0.133 e. The second-order valence-corrected chi connectivity index (χ2v) is 5.43. The number of likely N-dealkylation sites (N-methyl/N-ethyl adjacent to an activating group) is 1. The molecule has 0 aromatic heterocycles. The Morgan fingerprint density at radius 3 is 2.63 bits per heavy atom. The molecule has 1 N–H and O–H groups in total. The molecule has 1 aliphatic rings. The van der Waals surface area contributed by atoms with Gasteiger partial charge in [0, 0.05) is 12.2 Å². The summed E-state index contributed by atoms with van der Waals surface area (Å²) >= 11 is 0. The second-order valence-electron chi connectivity index (χ2n) is 5.43. The molecule has 0 radical (unpaired) electrons. The maximum absolute atomic E-state index is 14.3.